The molecular weight excluding hydrogens is 346 g/mol. The predicted octanol–water partition coefficient (Wildman–Crippen LogP) is 4.34. The van der Waals surface area contributed by atoms with Gasteiger partial charge < -0.3 is 19.9 Å². The number of ether oxygens (including phenoxy) is 2. The molecule has 1 unspecified atom stereocenters. The summed E-state index contributed by atoms with van der Waals surface area (Å²) in [4.78, 5) is 22.8. The Labute approximate surface area is 152 Å². The Hall–Kier alpha value is -2.21. The van der Waals surface area contributed by atoms with Gasteiger partial charge in [0, 0.05) is 22.2 Å². The lowest BCUT2D eigenvalue weighted by molar-refractivity contribution is -0.131. The summed E-state index contributed by atoms with van der Waals surface area (Å²) in [5, 5.41) is 12.0. The Balaban J connectivity index is 3.26. The molecule has 1 atom stereocenters. The van der Waals surface area contributed by atoms with Crippen LogP contribution in [0.25, 0.3) is 6.08 Å². The summed E-state index contributed by atoms with van der Waals surface area (Å²) in [6, 6.07) is 1.23. The SMILES string of the molecule is COc1c(C(C)NC(=O)OC(C)(C)C)cc(Cl)c(C)c1/C=C/C(=O)O. The van der Waals surface area contributed by atoms with E-state index in [2.05, 4.69) is 5.32 Å². The molecule has 1 amide bonds. The van der Waals surface area contributed by atoms with Crippen LogP contribution in [-0.2, 0) is 9.53 Å². The van der Waals surface area contributed by atoms with E-state index in [4.69, 9.17) is 26.2 Å². The fraction of sp³-hybridized carbons (Fsp3) is 0.444. The standard InChI is InChI=1S/C18H24ClNO5/c1-10-12(7-8-15(21)22)16(24-6)13(9-14(10)19)11(2)20-17(23)25-18(3,4)5/h7-9,11H,1-6H3,(H,20,23)(H,21,22)/b8-7+. The monoisotopic (exact) mass is 369 g/mol. The Kier molecular flexibility index (Phi) is 6.87. The van der Waals surface area contributed by atoms with Crippen molar-refractivity contribution < 1.29 is 24.2 Å². The number of carbonyl (C=O) groups excluding carboxylic acids is 1. The normalized spacial score (nSPS) is 12.8. The number of benzene rings is 1. The quantitative estimate of drug-likeness (QED) is 0.754. The number of halogens is 1. The van der Waals surface area contributed by atoms with Crippen LogP contribution in [0.2, 0.25) is 5.02 Å². The summed E-state index contributed by atoms with van der Waals surface area (Å²) in [5.74, 6) is -0.633. The number of amides is 1. The van der Waals surface area contributed by atoms with E-state index < -0.39 is 23.7 Å². The molecule has 2 N–H and O–H groups in total. The number of carboxylic acids is 1. The second-order valence-corrected chi connectivity index (χ2v) is 6.97. The number of nitrogens with one attached hydrogen (secondary N) is 1. The zero-order valence-electron chi connectivity index (χ0n) is 15.3. The molecule has 0 heterocycles. The first-order valence-electron chi connectivity index (χ1n) is 7.73. The van der Waals surface area contributed by atoms with E-state index in [-0.39, 0.29) is 0 Å². The highest BCUT2D eigenvalue weighted by molar-refractivity contribution is 6.31. The van der Waals surface area contributed by atoms with E-state index >= 15 is 0 Å². The van der Waals surface area contributed by atoms with E-state index in [0.717, 1.165) is 6.08 Å². The fourth-order valence-corrected chi connectivity index (χ4v) is 2.45. The van der Waals surface area contributed by atoms with Gasteiger partial charge in [0.15, 0.2) is 0 Å². The van der Waals surface area contributed by atoms with Crippen molar-refractivity contribution in [2.24, 2.45) is 0 Å². The minimum Gasteiger partial charge on any atom is -0.496 e. The van der Waals surface area contributed by atoms with Crippen LogP contribution in [0, 0.1) is 6.92 Å². The number of carboxylic acid groups (broad SMARTS) is 1. The molecule has 7 heteroatoms. The maximum Gasteiger partial charge on any atom is 0.408 e. The van der Waals surface area contributed by atoms with Crippen molar-refractivity contribution in [1.29, 1.82) is 0 Å². The van der Waals surface area contributed by atoms with Gasteiger partial charge in [0.25, 0.3) is 0 Å². The van der Waals surface area contributed by atoms with Gasteiger partial charge >= 0.3 is 12.1 Å². The largest absolute Gasteiger partial charge is 0.496 e. The summed E-state index contributed by atoms with van der Waals surface area (Å²) < 4.78 is 10.7. The smallest absolute Gasteiger partial charge is 0.408 e. The minimum absolute atomic E-state index is 0.443. The molecule has 1 aromatic rings. The highest BCUT2D eigenvalue weighted by atomic mass is 35.5. The molecule has 0 aromatic heterocycles. The molecule has 138 valence electrons. The maximum atomic E-state index is 12.0. The van der Waals surface area contributed by atoms with Crippen molar-refractivity contribution >= 4 is 29.7 Å². The Morgan fingerprint density at radius 3 is 2.44 bits per heavy atom. The number of methoxy groups -OCH3 is 1. The Bertz CT molecular complexity index is 692. The molecule has 1 aromatic carbocycles. The van der Waals surface area contributed by atoms with Crippen LogP contribution in [0.1, 0.15) is 50.4 Å². The highest BCUT2D eigenvalue weighted by Gasteiger charge is 2.22. The first kappa shape index (κ1) is 20.8. The molecule has 25 heavy (non-hydrogen) atoms. The summed E-state index contributed by atoms with van der Waals surface area (Å²) in [6.45, 7) is 8.85. The molecule has 0 saturated heterocycles. The van der Waals surface area contributed by atoms with E-state index in [1.165, 1.54) is 13.2 Å². The van der Waals surface area contributed by atoms with Crippen molar-refractivity contribution in [3.63, 3.8) is 0 Å². The summed E-state index contributed by atoms with van der Waals surface area (Å²) in [5.41, 5.74) is 1.23. The molecule has 0 spiro atoms. The highest BCUT2D eigenvalue weighted by Crippen LogP contribution is 2.36. The number of hydrogen-bond acceptors (Lipinski definition) is 4. The molecule has 0 aliphatic rings. The van der Waals surface area contributed by atoms with Gasteiger partial charge in [-0.25, -0.2) is 9.59 Å². The number of rotatable bonds is 5. The Morgan fingerprint density at radius 1 is 1.36 bits per heavy atom. The van der Waals surface area contributed by atoms with Gasteiger partial charge in [-0.05, 0) is 52.3 Å². The second-order valence-electron chi connectivity index (χ2n) is 6.56. The van der Waals surface area contributed by atoms with E-state index in [1.54, 1.807) is 40.7 Å². The lowest BCUT2D eigenvalue weighted by atomic mass is 9.98. The third-order valence-corrected chi connectivity index (χ3v) is 3.74. The molecule has 0 saturated carbocycles. The number of carbonyl (C=O) groups is 2. The molecular formula is C18H24ClNO5. The number of hydrogen-bond donors (Lipinski definition) is 2. The van der Waals surface area contributed by atoms with Gasteiger partial charge in [-0.1, -0.05) is 11.6 Å². The van der Waals surface area contributed by atoms with Gasteiger partial charge in [0.05, 0.1) is 13.2 Å². The minimum atomic E-state index is -1.08. The van der Waals surface area contributed by atoms with Crippen molar-refractivity contribution in [2.75, 3.05) is 7.11 Å². The van der Waals surface area contributed by atoms with Gasteiger partial charge in [-0.2, -0.15) is 0 Å². The topological polar surface area (TPSA) is 84.9 Å². The lowest BCUT2D eigenvalue weighted by Gasteiger charge is -2.24. The average Bonchev–Trinajstić information content (AvgIpc) is 2.45. The first-order chi connectivity index (χ1) is 11.5. The molecule has 0 fully saturated rings. The number of aliphatic carboxylic acids is 1. The van der Waals surface area contributed by atoms with Crippen LogP contribution in [0.3, 0.4) is 0 Å². The average molecular weight is 370 g/mol. The fourth-order valence-electron chi connectivity index (χ4n) is 2.23. The van der Waals surface area contributed by atoms with Gasteiger partial charge in [0.1, 0.15) is 11.4 Å². The number of alkyl carbamates (subject to hydrolysis) is 1. The van der Waals surface area contributed by atoms with Crippen LogP contribution in [0.5, 0.6) is 5.75 Å². The van der Waals surface area contributed by atoms with Crippen LogP contribution in [0.4, 0.5) is 4.79 Å². The molecule has 0 aliphatic carbocycles. The summed E-state index contributed by atoms with van der Waals surface area (Å²) >= 11 is 6.27. The maximum absolute atomic E-state index is 12.0. The predicted molar refractivity (Wildman–Crippen MR) is 97.2 cm³/mol. The zero-order chi connectivity index (χ0) is 19.4. The molecule has 0 bridgehead atoms. The van der Waals surface area contributed by atoms with Crippen LogP contribution in [-0.4, -0.2) is 29.9 Å². The molecule has 1 rings (SSSR count). The van der Waals surface area contributed by atoms with Gasteiger partial charge in [-0.3, -0.25) is 0 Å². The van der Waals surface area contributed by atoms with Crippen molar-refractivity contribution in [3.8, 4) is 5.75 Å². The van der Waals surface area contributed by atoms with Gasteiger partial charge in [-0.15, -0.1) is 0 Å². The summed E-state index contributed by atoms with van der Waals surface area (Å²) in [6.07, 6.45) is 1.87. The lowest BCUT2D eigenvalue weighted by Crippen LogP contribution is -2.34. The van der Waals surface area contributed by atoms with Crippen LogP contribution in [0.15, 0.2) is 12.1 Å². The third kappa shape index (κ3) is 5.98. The van der Waals surface area contributed by atoms with Crippen molar-refractivity contribution in [2.45, 2.75) is 46.3 Å². The van der Waals surface area contributed by atoms with Gasteiger partial charge in [0.2, 0.25) is 0 Å². The third-order valence-electron chi connectivity index (χ3n) is 3.35. The second kappa shape index (κ2) is 8.25. The van der Waals surface area contributed by atoms with E-state index in [9.17, 15) is 9.59 Å². The van der Waals surface area contributed by atoms with Crippen molar-refractivity contribution in [1.82, 2.24) is 5.32 Å². The zero-order valence-corrected chi connectivity index (χ0v) is 16.0. The van der Waals surface area contributed by atoms with Crippen molar-refractivity contribution in [3.05, 3.63) is 33.9 Å². The summed E-state index contributed by atoms with van der Waals surface area (Å²) in [7, 11) is 1.48. The Morgan fingerprint density at radius 2 is 1.96 bits per heavy atom. The molecule has 0 radical (unpaired) electrons. The molecule has 0 aliphatic heterocycles. The molecule has 6 nitrogen and oxygen atoms in total. The van der Waals surface area contributed by atoms with Crippen LogP contribution >= 0.6 is 11.6 Å². The first-order valence-corrected chi connectivity index (χ1v) is 8.11. The van der Waals surface area contributed by atoms with Crippen LogP contribution < -0.4 is 10.1 Å². The van der Waals surface area contributed by atoms with E-state index in [1.807, 2.05) is 0 Å². The van der Waals surface area contributed by atoms with E-state index in [0.29, 0.717) is 27.5 Å².